The molecular formula is C62H57N5O9. The SMILES string of the molecule is CNC(=O)c1ccc(-c2ccc(OC(=O)N(C)Cc3cccc(-c4ccccc4)c3)cc2)cc1.CNC(=O)c1ccc(-c2ccc(OC(=O)ON3C(=O)CCC3=O)cc2)cc1.CNCc1cccc(-c2ccccc2)c1. The third kappa shape index (κ3) is 15.2. The minimum Gasteiger partial charge on any atom is -0.410 e. The lowest BCUT2D eigenvalue weighted by atomic mass is 10.0. The van der Waals surface area contributed by atoms with Crippen LogP contribution in [-0.2, 0) is 27.5 Å². The number of rotatable bonds is 13. The highest BCUT2D eigenvalue weighted by molar-refractivity contribution is 6.01. The summed E-state index contributed by atoms with van der Waals surface area (Å²) < 4.78 is 10.5. The van der Waals surface area contributed by atoms with Crippen molar-refractivity contribution < 1.29 is 43.1 Å². The number of ether oxygens (including phenoxy) is 2. The van der Waals surface area contributed by atoms with Crippen LogP contribution in [0, 0.1) is 0 Å². The van der Waals surface area contributed by atoms with Crippen LogP contribution in [0.5, 0.6) is 11.5 Å². The maximum absolute atomic E-state index is 12.6. The Morgan fingerprint density at radius 1 is 0.461 bits per heavy atom. The predicted octanol–water partition coefficient (Wildman–Crippen LogP) is 11.4. The van der Waals surface area contributed by atoms with Crippen molar-refractivity contribution in [2.24, 2.45) is 0 Å². The first-order valence-electron chi connectivity index (χ1n) is 24.4. The lowest BCUT2D eigenvalue weighted by Gasteiger charge is -2.17. The molecule has 8 aromatic carbocycles. The molecule has 0 aliphatic carbocycles. The fraction of sp³-hybridized carbons (Fsp3) is 0.129. The molecule has 1 heterocycles. The number of hydrogen-bond donors (Lipinski definition) is 3. The maximum atomic E-state index is 12.6. The summed E-state index contributed by atoms with van der Waals surface area (Å²) in [4.78, 5) is 76.6. The van der Waals surface area contributed by atoms with Crippen molar-refractivity contribution in [3.63, 3.8) is 0 Å². The molecule has 0 spiro atoms. The normalized spacial score (nSPS) is 11.4. The van der Waals surface area contributed by atoms with Gasteiger partial charge in [0.05, 0.1) is 0 Å². The van der Waals surface area contributed by atoms with E-state index in [0.29, 0.717) is 28.5 Å². The van der Waals surface area contributed by atoms with E-state index in [1.54, 1.807) is 98.8 Å². The second-order valence-corrected chi connectivity index (χ2v) is 17.3. The maximum Gasteiger partial charge on any atom is 0.539 e. The highest BCUT2D eigenvalue weighted by Crippen LogP contribution is 2.27. The van der Waals surface area contributed by atoms with Crippen LogP contribution >= 0.6 is 0 Å². The van der Waals surface area contributed by atoms with Gasteiger partial charge in [-0.3, -0.25) is 24.0 Å². The molecule has 1 saturated heterocycles. The summed E-state index contributed by atoms with van der Waals surface area (Å²) in [7, 11) is 6.86. The van der Waals surface area contributed by atoms with Gasteiger partial charge in [0.15, 0.2) is 0 Å². The van der Waals surface area contributed by atoms with Gasteiger partial charge in [-0.15, -0.1) is 0 Å². The second-order valence-electron chi connectivity index (χ2n) is 17.3. The van der Waals surface area contributed by atoms with Gasteiger partial charge in [0, 0.05) is 58.2 Å². The molecule has 14 heteroatoms. The average Bonchev–Trinajstić information content (AvgIpc) is 3.78. The van der Waals surface area contributed by atoms with Crippen LogP contribution in [0.4, 0.5) is 9.59 Å². The van der Waals surface area contributed by atoms with Gasteiger partial charge in [-0.05, 0) is 123 Å². The highest BCUT2D eigenvalue weighted by Gasteiger charge is 2.33. The van der Waals surface area contributed by atoms with Crippen molar-refractivity contribution in [1.82, 2.24) is 25.9 Å². The first kappa shape index (κ1) is 54.1. The van der Waals surface area contributed by atoms with Crippen molar-refractivity contribution in [2.45, 2.75) is 25.9 Å². The molecule has 0 unspecified atom stereocenters. The number of hydrogen-bond acceptors (Lipinski definition) is 10. The number of carbonyl (C=O) groups is 6. The van der Waals surface area contributed by atoms with E-state index in [1.165, 1.54) is 16.7 Å². The van der Waals surface area contributed by atoms with E-state index in [2.05, 4.69) is 93.6 Å². The monoisotopic (exact) mass is 1020 g/mol. The summed E-state index contributed by atoms with van der Waals surface area (Å²) in [5, 5.41) is 8.75. The molecule has 8 aromatic rings. The van der Waals surface area contributed by atoms with Crippen LogP contribution in [0.15, 0.2) is 206 Å². The molecule has 0 radical (unpaired) electrons. The first-order chi connectivity index (χ1) is 36.9. The minimum atomic E-state index is -1.17. The Bertz CT molecular complexity index is 3230. The van der Waals surface area contributed by atoms with Crippen molar-refractivity contribution in [3.05, 3.63) is 229 Å². The van der Waals surface area contributed by atoms with E-state index in [0.717, 1.165) is 45.5 Å². The van der Waals surface area contributed by atoms with Crippen LogP contribution in [0.25, 0.3) is 44.5 Å². The smallest absolute Gasteiger partial charge is 0.410 e. The summed E-state index contributed by atoms with van der Waals surface area (Å²) in [6.45, 7) is 1.36. The zero-order valence-electron chi connectivity index (χ0n) is 42.5. The zero-order chi connectivity index (χ0) is 53.8. The van der Waals surface area contributed by atoms with Gasteiger partial charge in [0.25, 0.3) is 23.6 Å². The van der Waals surface area contributed by atoms with E-state index in [9.17, 15) is 28.8 Å². The number of nitrogens with one attached hydrogen (secondary N) is 3. The number of benzene rings is 8. The standard InChI is InChI=1S/C29H26N2O3.C19H16N2O6.C14H15N/c1-30-28(32)25-13-11-23(12-14-25)24-15-17-27(18-16-24)34-29(33)31(2)20-21-7-6-10-26(19-21)22-8-4-3-5-9-22;1-20-18(24)14-4-2-12(3-5-14)13-6-8-15(9-7-13)26-19(25)27-21-16(22)10-11-17(21)23;1-15-11-12-6-5-9-14(10-12)13-7-3-2-4-8-13/h3-19H,20H2,1-2H3,(H,30,32);2-9H,10-11H2,1H3,(H,20,24);2-10,15H,11H2,1H3. The molecule has 1 fully saturated rings. The molecule has 14 nitrogen and oxygen atoms in total. The fourth-order valence-electron chi connectivity index (χ4n) is 7.89. The number of carbonyl (C=O) groups excluding carboxylic acids is 6. The third-order valence-corrected chi connectivity index (χ3v) is 11.9. The Labute approximate surface area is 441 Å². The lowest BCUT2D eigenvalue weighted by Crippen LogP contribution is -2.33. The summed E-state index contributed by atoms with van der Waals surface area (Å²) >= 11 is 0. The Kier molecular flexibility index (Phi) is 19.1. The van der Waals surface area contributed by atoms with Gasteiger partial charge in [0.2, 0.25) is 0 Å². The van der Waals surface area contributed by atoms with Gasteiger partial charge in [0.1, 0.15) is 11.5 Å². The second kappa shape index (κ2) is 26.9. The molecule has 1 aliphatic rings. The predicted molar refractivity (Wildman–Crippen MR) is 293 cm³/mol. The van der Waals surface area contributed by atoms with E-state index >= 15 is 0 Å². The minimum absolute atomic E-state index is 0.0134. The lowest BCUT2D eigenvalue weighted by molar-refractivity contribution is -0.174. The van der Waals surface area contributed by atoms with E-state index in [-0.39, 0.29) is 30.4 Å². The van der Waals surface area contributed by atoms with E-state index < -0.39 is 24.1 Å². The summed E-state index contributed by atoms with van der Waals surface area (Å²) in [5.41, 5.74) is 12.0. The molecule has 9 rings (SSSR count). The van der Waals surface area contributed by atoms with E-state index in [4.69, 9.17) is 9.47 Å². The Morgan fingerprint density at radius 2 is 0.842 bits per heavy atom. The molecule has 76 heavy (non-hydrogen) atoms. The number of hydroxylamine groups is 2. The van der Waals surface area contributed by atoms with Crippen molar-refractivity contribution in [1.29, 1.82) is 0 Å². The molecule has 0 atom stereocenters. The topological polar surface area (TPSA) is 173 Å². The zero-order valence-corrected chi connectivity index (χ0v) is 42.5. The van der Waals surface area contributed by atoms with Crippen LogP contribution < -0.4 is 25.4 Å². The van der Waals surface area contributed by atoms with Crippen LogP contribution in [0.1, 0.15) is 44.7 Å². The summed E-state index contributed by atoms with van der Waals surface area (Å²) in [6, 6.07) is 65.6. The molecule has 3 N–H and O–H groups in total. The van der Waals surface area contributed by atoms with Crippen LogP contribution in [0.3, 0.4) is 0 Å². The van der Waals surface area contributed by atoms with Gasteiger partial charge in [-0.1, -0.05) is 151 Å². The Hall–Kier alpha value is -9.66. The number of imide groups is 1. The molecule has 0 aromatic heterocycles. The average molecular weight is 1020 g/mol. The summed E-state index contributed by atoms with van der Waals surface area (Å²) in [5.74, 6) is -0.769. The summed E-state index contributed by atoms with van der Waals surface area (Å²) in [6.07, 6.45) is -1.56. The van der Waals surface area contributed by atoms with Gasteiger partial charge < -0.3 is 30.3 Å². The molecular weight excluding hydrogens is 959 g/mol. The Balaban J connectivity index is 0.000000178. The van der Waals surface area contributed by atoms with E-state index in [1.807, 2.05) is 67.7 Å². The van der Waals surface area contributed by atoms with Crippen LogP contribution in [0.2, 0.25) is 0 Å². The number of nitrogens with zero attached hydrogens (tertiary/aromatic N) is 2. The van der Waals surface area contributed by atoms with Gasteiger partial charge in [-0.25, -0.2) is 9.59 Å². The molecule has 5 amide bonds. The highest BCUT2D eigenvalue weighted by atomic mass is 16.8. The van der Waals surface area contributed by atoms with Crippen molar-refractivity contribution >= 4 is 35.9 Å². The van der Waals surface area contributed by atoms with Gasteiger partial charge in [-0.2, -0.15) is 0 Å². The van der Waals surface area contributed by atoms with Crippen molar-refractivity contribution in [2.75, 3.05) is 28.2 Å². The molecule has 0 saturated carbocycles. The largest absolute Gasteiger partial charge is 0.539 e. The van der Waals surface area contributed by atoms with Crippen LogP contribution in [-0.4, -0.2) is 74.0 Å². The quantitative estimate of drug-likeness (QED) is 0.0573. The third-order valence-electron chi connectivity index (χ3n) is 11.9. The van der Waals surface area contributed by atoms with Crippen molar-refractivity contribution in [3.8, 4) is 56.0 Å². The Morgan fingerprint density at radius 3 is 1.28 bits per heavy atom. The molecule has 384 valence electrons. The number of amides is 5. The first-order valence-corrected chi connectivity index (χ1v) is 24.4. The van der Waals surface area contributed by atoms with Gasteiger partial charge >= 0.3 is 12.2 Å². The fourth-order valence-corrected chi connectivity index (χ4v) is 7.89. The molecule has 0 bridgehead atoms. The molecule has 1 aliphatic heterocycles.